The maximum atomic E-state index is 2.69. The molecule has 0 amide bonds. The van der Waals surface area contributed by atoms with Gasteiger partial charge in [0.15, 0.2) is 0 Å². The summed E-state index contributed by atoms with van der Waals surface area (Å²) in [6, 6.07) is 37.7. The Morgan fingerprint density at radius 3 is 1.43 bits per heavy atom. The van der Waals surface area contributed by atoms with Gasteiger partial charge < -0.3 is 0 Å². The first-order valence-corrected chi connectivity index (χ1v) is 21.1. The van der Waals surface area contributed by atoms with E-state index in [9.17, 15) is 0 Å². The Hall–Kier alpha value is -2.89. The summed E-state index contributed by atoms with van der Waals surface area (Å²) in [7, 11) is 0. The van der Waals surface area contributed by atoms with E-state index in [0.717, 1.165) is 6.42 Å². The van der Waals surface area contributed by atoms with Crippen LogP contribution in [0.2, 0.25) is 0 Å². The van der Waals surface area contributed by atoms with Gasteiger partial charge in [0.2, 0.25) is 0 Å². The quantitative estimate of drug-likeness (QED) is 0.196. The van der Waals surface area contributed by atoms with Crippen LogP contribution < -0.4 is 0 Å². The van der Waals surface area contributed by atoms with Gasteiger partial charge in [-0.1, -0.05) is 0 Å². The third-order valence-corrected chi connectivity index (χ3v) is 18.6. The molecule has 0 N–H and O–H groups in total. The van der Waals surface area contributed by atoms with Gasteiger partial charge in [-0.3, -0.25) is 0 Å². The van der Waals surface area contributed by atoms with Gasteiger partial charge in [-0.05, 0) is 0 Å². The third-order valence-electron chi connectivity index (χ3n) is 10.1. The van der Waals surface area contributed by atoms with Gasteiger partial charge in [0.1, 0.15) is 0 Å². The molecule has 4 aromatic rings. The van der Waals surface area contributed by atoms with Crippen LogP contribution in [0.5, 0.6) is 0 Å². The summed E-state index contributed by atoms with van der Waals surface area (Å²) >= 11 is -2.89. The summed E-state index contributed by atoms with van der Waals surface area (Å²) in [4.78, 5) is 0. The van der Waals surface area contributed by atoms with Gasteiger partial charge in [-0.2, -0.15) is 0 Å². The van der Waals surface area contributed by atoms with E-state index in [2.05, 4.69) is 178 Å². The zero-order valence-electron chi connectivity index (χ0n) is 29.8. The van der Waals surface area contributed by atoms with Gasteiger partial charge in [0, 0.05) is 0 Å². The van der Waals surface area contributed by atoms with Crippen LogP contribution >= 0.6 is 0 Å². The molecule has 0 heterocycles. The number of hydrogen-bond donors (Lipinski definition) is 0. The van der Waals surface area contributed by atoms with E-state index in [1.54, 1.807) is 17.6 Å². The van der Waals surface area contributed by atoms with Crippen molar-refractivity contribution in [3.05, 3.63) is 151 Å². The third kappa shape index (κ3) is 6.22. The van der Waals surface area contributed by atoms with Gasteiger partial charge >= 0.3 is 288 Å². The number of allylic oxidation sites excluding steroid dienone is 4. The first-order chi connectivity index (χ1) is 21.7. The van der Waals surface area contributed by atoms with Crippen LogP contribution in [0.1, 0.15) is 113 Å². The van der Waals surface area contributed by atoms with E-state index >= 15 is 0 Å². The Kier molecular flexibility index (Phi) is 8.82. The first kappa shape index (κ1) is 33.0. The van der Waals surface area contributed by atoms with Crippen LogP contribution in [0.25, 0.3) is 11.1 Å². The Morgan fingerprint density at radius 2 is 1.04 bits per heavy atom. The standard InChI is InChI=1S/C21H25.C13H10.C11H17.Zr/c1-20(2,3)16-7-9-18-14(12-16)11-15-13-17(21(4,5)6)8-10-19(15)18;1-3-7-12(8-4-1)11-13-9-5-2-6-10-13;1-5-9-6-7-10(8-9)11(2,3)4;/h7-13H,1-6H3;1-10H;7-9H,5H2,1-4H3;. The van der Waals surface area contributed by atoms with Crippen LogP contribution in [0.15, 0.2) is 118 Å². The summed E-state index contributed by atoms with van der Waals surface area (Å²) in [5, 5.41) is 0. The van der Waals surface area contributed by atoms with Crippen molar-refractivity contribution >= 4 is 3.21 Å². The molecule has 0 saturated carbocycles. The van der Waals surface area contributed by atoms with Crippen molar-refractivity contribution < 1.29 is 21.3 Å². The molecule has 1 heteroatoms. The fourth-order valence-electron chi connectivity index (χ4n) is 7.36. The molecule has 0 radical (unpaired) electrons. The molecular formula is C45H52Zr. The van der Waals surface area contributed by atoms with Crippen LogP contribution in [-0.2, 0) is 32.1 Å². The van der Waals surface area contributed by atoms with Gasteiger partial charge in [-0.25, -0.2) is 0 Å². The second kappa shape index (κ2) is 12.3. The Bertz CT molecular complexity index is 1740. The normalized spacial score (nSPS) is 16.5. The molecule has 0 spiro atoms. The average Bonchev–Trinajstić information content (AvgIpc) is 3.59. The van der Waals surface area contributed by atoms with Crippen molar-refractivity contribution in [1.29, 1.82) is 0 Å². The monoisotopic (exact) mass is 682 g/mol. The van der Waals surface area contributed by atoms with E-state index in [0.29, 0.717) is 9.54 Å². The molecule has 0 fully saturated rings. The van der Waals surface area contributed by atoms with E-state index < -0.39 is 21.3 Å². The fourth-order valence-corrected chi connectivity index (χ4v) is 17.1. The predicted octanol–water partition coefficient (Wildman–Crippen LogP) is 12.1. The van der Waals surface area contributed by atoms with E-state index in [4.69, 9.17) is 0 Å². The number of benzene rings is 4. The Balaban J connectivity index is 1.78. The molecule has 0 bridgehead atoms. The molecule has 1 atom stereocenters. The second-order valence-corrected chi connectivity index (χ2v) is 22.6. The van der Waals surface area contributed by atoms with Gasteiger partial charge in [0.05, 0.1) is 0 Å². The molecule has 46 heavy (non-hydrogen) atoms. The van der Waals surface area contributed by atoms with Crippen molar-refractivity contribution in [2.45, 2.75) is 90.1 Å². The molecule has 0 aliphatic heterocycles. The van der Waals surface area contributed by atoms with Crippen molar-refractivity contribution in [3.63, 3.8) is 0 Å². The van der Waals surface area contributed by atoms with Crippen molar-refractivity contribution in [3.8, 4) is 11.1 Å². The van der Waals surface area contributed by atoms with Crippen LogP contribution in [0.4, 0.5) is 0 Å². The zero-order chi connectivity index (χ0) is 33.0. The second-order valence-electron chi connectivity index (χ2n) is 16.5. The molecule has 1 unspecified atom stereocenters. The van der Waals surface area contributed by atoms with E-state index in [1.807, 2.05) is 0 Å². The van der Waals surface area contributed by atoms with Crippen molar-refractivity contribution in [1.82, 2.24) is 0 Å². The summed E-state index contributed by atoms with van der Waals surface area (Å²) in [5.74, 6) is 0.482. The minimum absolute atomic E-state index is 0.0827. The summed E-state index contributed by atoms with van der Waals surface area (Å²) in [6.07, 6.45) is 6.47. The average molecular weight is 684 g/mol. The predicted molar refractivity (Wildman–Crippen MR) is 197 cm³/mol. The molecule has 2 aliphatic carbocycles. The van der Waals surface area contributed by atoms with Crippen LogP contribution in [0.3, 0.4) is 0 Å². The molecule has 0 nitrogen and oxygen atoms in total. The molecule has 4 aromatic carbocycles. The summed E-state index contributed by atoms with van der Waals surface area (Å²) in [6.45, 7) is 23.7. The number of hydrogen-bond acceptors (Lipinski definition) is 0. The molecule has 0 saturated heterocycles. The van der Waals surface area contributed by atoms with Gasteiger partial charge in [-0.15, -0.1) is 0 Å². The van der Waals surface area contributed by atoms with E-state index in [-0.39, 0.29) is 16.2 Å². The Labute approximate surface area is 286 Å². The van der Waals surface area contributed by atoms with Crippen molar-refractivity contribution in [2.75, 3.05) is 0 Å². The van der Waals surface area contributed by atoms with Crippen molar-refractivity contribution in [2.24, 2.45) is 11.3 Å². The Morgan fingerprint density at radius 1 is 0.587 bits per heavy atom. The van der Waals surface area contributed by atoms with Crippen LogP contribution in [0, 0.1) is 11.3 Å². The summed E-state index contributed by atoms with van der Waals surface area (Å²) in [5.41, 5.74) is 13.5. The minimum atomic E-state index is -2.89. The molecular weight excluding hydrogens is 632 g/mol. The van der Waals surface area contributed by atoms with Gasteiger partial charge in [0.25, 0.3) is 0 Å². The van der Waals surface area contributed by atoms with E-state index in [1.165, 1.54) is 39.0 Å². The number of rotatable bonds is 5. The SMILES string of the molecule is CCC1C=C(C(C)(C)C)C=[C]1[Zr](=[C](c1ccccc1)c1ccccc1)[CH]1c2cc(C(C)(C)C)ccc2-c2ccc(C(C)(C)C)cc21. The molecule has 2 aliphatic rings. The zero-order valence-corrected chi connectivity index (χ0v) is 32.2. The van der Waals surface area contributed by atoms with Crippen LogP contribution in [-0.4, -0.2) is 3.21 Å². The first-order valence-electron chi connectivity index (χ1n) is 17.3. The molecule has 236 valence electrons. The number of fused-ring (bicyclic) bond motifs is 3. The molecule has 6 rings (SSSR count). The topological polar surface area (TPSA) is 0 Å². The summed E-state index contributed by atoms with van der Waals surface area (Å²) < 4.78 is 3.77. The maximum absolute atomic E-state index is 2.89. The molecule has 0 aromatic heterocycles. The fraction of sp³-hybridized carbons (Fsp3) is 0.356.